The Morgan fingerprint density at radius 1 is 0.971 bits per heavy atom. The third-order valence-corrected chi connectivity index (χ3v) is 7.44. The fourth-order valence-corrected chi connectivity index (χ4v) is 5.23. The van der Waals surface area contributed by atoms with E-state index in [2.05, 4.69) is 37.3 Å². The van der Waals surface area contributed by atoms with Crippen LogP contribution in [0.3, 0.4) is 0 Å². The van der Waals surface area contributed by atoms with Crippen molar-refractivity contribution in [1.82, 2.24) is 0 Å². The zero-order chi connectivity index (χ0) is 23.3. The van der Waals surface area contributed by atoms with Crippen molar-refractivity contribution in [3.63, 3.8) is 0 Å². The molecule has 3 aromatic carbocycles. The molecule has 2 aliphatic heterocycles. The molecule has 0 N–H and O–H groups in total. The summed E-state index contributed by atoms with van der Waals surface area (Å²) >= 11 is 0. The smallest absolute Gasteiger partial charge is 0.231 e. The fourth-order valence-electron chi connectivity index (χ4n) is 5.23. The van der Waals surface area contributed by atoms with Crippen molar-refractivity contribution in [2.45, 2.75) is 44.4 Å². The van der Waals surface area contributed by atoms with Gasteiger partial charge in [-0.25, -0.2) is 0 Å². The van der Waals surface area contributed by atoms with Crippen molar-refractivity contribution in [1.29, 1.82) is 0 Å². The number of ketones is 1. The van der Waals surface area contributed by atoms with E-state index >= 15 is 0 Å². The number of Topliss-reactive ketones (excluding diaryl/α,β-unsaturated/α-hetero) is 1. The van der Waals surface area contributed by atoms with Crippen LogP contribution in [0, 0.1) is 6.92 Å². The molecule has 1 amide bonds. The number of nitrogens with zero attached hydrogens (tertiary/aromatic N) is 1. The molecular formula is C29H27NO4. The van der Waals surface area contributed by atoms with E-state index in [1.54, 1.807) is 0 Å². The zero-order valence-corrected chi connectivity index (χ0v) is 19.3. The Morgan fingerprint density at radius 3 is 2.50 bits per heavy atom. The summed E-state index contributed by atoms with van der Waals surface area (Å²) < 4.78 is 11.0. The van der Waals surface area contributed by atoms with Crippen molar-refractivity contribution in [3.05, 3.63) is 77.4 Å². The molecule has 1 saturated heterocycles. The van der Waals surface area contributed by atoms with Crippen LogP contribution < -0.4 is 14.4 Å². The number of carbonyl (C=O) groups is 2. The highest BCUT2D eigenvalue weighted by molar-refractivity contribution is 5.96. The van der Waals surface area contributed by atoms with Crippen LogP contribution >= 0.6 is 0 Å². The van der Waals surface area contributed by atoms with Crippen LogP contribution in [0.5, 0.6) is 11.5 Å². The van der Waals surface area contributed by atoms with Crippen LogP contribution in [0.2, 0.25) is 0 Å². The molecule has 0 radical (unpaired) electrons. The average molecular weight is 454 g/mol. The second-order valence-electron chi connectivity index (χ2n) is 9.60. The van der Waals surface area contributed by atoms with Crippen LogP contribution in [-0.2, 0) is 21.4 Å². The molecule has 6 rings (SSSR count). The minimum atomic E-state index is -0.407. The second kappa shape index (κ2) is 8.01. The highest BCUT2D eigenvalue weighted by Crippen LogP contribution is 2.51. The standard InChI is InChI=1S/C29H27NO4/c1-19-4-5-20(15-24(19)21-6-9-23(10-7-21)30-14-2-3-28(30)32)16-27(31)29(12-13-29)22-8-11-25-26(17-22)34-18-33-25/h4-11,15,17H,2-3,12-14,16,18H2,1H3. The second-order valence-corrected chi connectivity index (χ2v) is 9.60. The van der Waals surface area contributed by atoms with Gasteiger partial charge in [0.25, 0.3) is 0 Å². The third-order valence-electron chi connectivity index (χ3n) is 7.44. The lowest BCUT2D eigenvalue weighted by Gasteiger charge is -2.17. The lowest BCUT2D eigenvalue weighted by atomic mass is 9.87. The number of hydrogen-bond acceptors (Lipinski definition) is 4. The summed E-state index contributed by atoms with van der Waals surface area (Å²) in [6.45, 7) is 3.12. The van der Waals surface area contributed by atoms with Crippen molar-refractivity contribution in [3.8, 4) is 22.6 Å². The van der Waals surface area contributed by atoms with E-state index in [0.29, 0.717) is 12.8 Å². The molecule has 1 saturated carbocycles. The molecule has 0 aromatic heterocycles. The SMILES string of the molecule is Cc1ccc(CC(=O)C2(c3ccc4c(c3)OCO4)CC2)cc1-c1ccc(N2CCCC2=O)cc1. The molecule has 0 bridgehead atoms. The van der Waals surface area contributed by atoms with Gasteiger partial charge in [0.05, 0.1) is 5.41 Å². The number of hydrogen-bond donors (Lipinski definition) is 0. The van der Waals surface area contributed by atoms with E-state index in [1.165, 1.54) is 0 Å². The summed E-state index contributed by atoms with van der Waals surface area (Å²) in [7, 11) is 0. The van der Waals surface area contributed by atoms with E-state index in [1.807, 2.05) is 35.2 Å². The maximum Gasteiger partial charge on any atom is 0.231 e. The molecule has 0 spiro atoms. The summed E-state index contributed by atoms with van der Waals surface area (Å²) in [6, 6.07) is 20.4. The van der Waals surface area contributed by atoms with Gasteiger partial charge in [-0.3, -0.25) is 9.59 Å². The van der Waals surface area contributed by atoms with Gasteiger partial charge in [0.15, 0.2) is 11.5 Å². The van der Waals surface area contributed by atoms with E-state index in [4.69, 9.17) is 9.47 Å². The quantitative estimate of drug-likeness (QED) is 0.504. The topological polar surface area (TPSA) is 55.8 Å². The number of carbonyl (C=O) groups excluding carboxylic acids is 2. The van der Waals surface area contributed by atoms with Gasteiger partial charge >= 0.3 is 0 Å². The number of rotatable bonds is 6. The highest BCUT2D eigenvalue weighted by atomic mass is 16.7. The Balaban J connectivity index is 1.23. The Bertz CT molecular complexity index is 1290. The Hall–Kier alpha value is -3.60. The van der Waals surface area contributed by atoms with E-state index < -0.39 is 5.41 Å². The molecule has 3 aromatic rings. The molecule has 2 heterocycles. The summed E-state index contributed by atoms with van der Waals surface area (Å²) in [4.78, 5) is 27.4. The minimum Gasteiger partial charge on any atom is -0.454 e. The van der Waals surface area contributed by atoms with Crippen LogP contribution in [0.4, 0.5) is 5.69 Å². The van der Waals surface area contributed by atoms with E-state index in [0.717, 1.165) is 70.8 Å². The molecule has 1 aliphatic carbocycles. The average Bonchev–Trinajstić information content (AvgIpc) is 3.34. The van der Waals surface area contributed by atoms with Crippen molar-refractivity contribution in [2.75, 3.05) is 18.2 Å². The number of aryl methyl sites for hydroxylation is 1. The maximum absolute atomic E-state index is 13.4. The first kappa shape index (κ1) is 21.0. The Kier molecular flexibility index (Phi) is 4.94. The number of amides is 1. The summed E-state index contributed by atoms with van der Waals surface area (Å²) in [5.41, 5.74) is 5.98. The van der Waals surface area contributed by atoms with Crippen LogP contribution in [-0.4, -0.2) is 25.0 Å². The van der Waals surface area contributed by atoms with Crippen molar-refractivity contribution < 1.29 is 19.1 Å². The molecule has 3 aliphatic rings. The van der Waals surface area contributed by atoms with Crippen molar-refractivity contribution in [2.24, 2.45) is 0 Å². The van der Waals surface area contributed by atoms with Gasteiger partial charge in [-0.2, -0.15) is 0 Å². The first-order chi connectivity index (χ1) is 16.5. The number of benzene rings is 3. The number of fused-ring (bicyclic) bond motifs is 1. The Morgan fingerprint density at radius 2 is 1.76 bits per heavy atom. The monoisotopic (exact) mass is 453 g/mol. The normalized spacial score (nSPS) is 17.8. The van der Waals surface area contributed by atoms with Gasteiger partial charge in [0, 0.05) is 25.1 Å². The summed E-state index contributed by atoms with van der Waals surface area (Å²) in [6.07, 6.45) is 3.71. The maximum atomic E-state index is 13.4. The molecule has 5 heteroatoms. The Labute approximate surface area is 199 Å². The van der Waals surface area contributed by atoms with E-state index in [9.17, 15) is 9.59 Å². The lowest BCUT2D eigenvalue weighted by Crippen LogP contribution is -2.23. The molecule has 5 nitrogen and oxygen atoms in total. The van der Waals surface area contributed by atoms with Gasteiger partial charge in [-0.15, -0.1) is 0 Å². The van der Waals surface area contributed by atoms with Crippen LogP contribution in [0.25, 0.3) is 11.1 Å². The van der Waals surface area contributed by atoms with Gasteiger partial charge in [-0.05, 0) is 78.3 Å². The van der Waals surface area contributed by atoms with Crippen LogP contribution in [0.1, 0.15) is 42.4 Å². The molecule has 0 atom stereocenters. The van der Waals surface area contributed by atoms with E-state index in [-0.39, 0.29) is 18.5 Å². The molecule has 0 unspecified atom stereocenters. The predicted octanol–water partition coefficient (Wildman–Crippen LogP) is 5.36. The summed E-state index contributed by atoms with van der Waals surface area (Å²) in [5, 5.41) is 0. The molecule has 2 fully saturated rings. The zero-order valence-electron chi connectivity index (χ0n) is 19.3. The first-order valence-electron chi connectivity index (χ1n) is 12.0. The lowest BCUT2D eigenvalue weighted by molar-refractivity contribution is -0.121. The minimum absolute atomic E-state index is 0.195. The van der Waals surface area contributed by atoms with Gasteiger partial charge < -0.3 is 14.4 Å². The fraction of sp³-hybridized carbons (Fsp3) is 0.310. The number of anilines is 1. The van der Waals surface area contributed by atoms with Gasteiger partial charge in [0.2, 0.25) is 12.7 Å². The first-order valence-corrected chi connectivity index (χ1v) is 12.0. The molecule has 34 heavy (non-hydrogen) atoms. The van der Waals surface area contributed by atoms with Crippen molar-refractivity contribution >= 4 is 17.4 Å². The van der Waals surface area contributed by atoms with Crippen LogP contribution in [0.15, 0.2) is 60.7 Å². The summed E-state index contributed by atoms with van der Waals surface area (Å²) in [5.74, 6) is 1.92. The predicted molar refractivity (Wildman–Crippen MR) is 130 cm³/mol. The highest BCUT2D eigenvalue weighted by Gasteiger charge is 2.50. The molecule has 172 valence electrons. The largest absolute Gasteiger partial charge is 0.454 e. The van der Waals surface area contributed by atoms with Gasteiger partial charge in [0.1, 0.15) is 5.78 Å². The van der Waals surface area contributed by atoms with Gasteiger partial charge in [-0.1, -0.05) is 36.4 Å². The molecular weight excluding hydrogens is 426 g/mol. The number of ether oxygens (including phenoxy) is 2. The third kappa shape index (κ3) is 3.56.